The topological polar surface area (TPSA) is 100 Å². The smallest absolute Gasteiger partial charge is 0.275 e. The van der Waals surface area contributed by atoms with E-state index in [0.29, 0.717) is 11.5 Å². The summed E-state index contributed by atoms with van der Waals surface area (Å²) >= 11 is 5.96. The third kappa shape index (κ3) is 3.83. The minimum absolute atomic E-state index is 0.0274. The molecule has 3 amide bonds. The Bertz CT molecular complexity index is 1340. The number of carbonyl (C=O) groups excluding carboxylic acids is 3. The number of hydrogen-bond donors (Lipinski definition) is 1. The van der Waals surface area contributed by atoms with Gasteiger partial charge >= 0.3 is 0 Å². The lowest BCUT2D eigenvalue weighted by Gasteiger charge is -2.34. The summed E-state index contributed by atoms with van der Waals surface area (Å²) in [5.74, 6) is -0.0528. The van der Waals surface area contributed by atoms with Crippen LogP contribution in [-0.2, 0) is 16.1 Å². The summed E-state index contributed by atoms with van der Waals surface area (Å²) in [5, 5.41) is 8.42. The maximum atomic E-state index is 13.6. The molecule has 10 heteroatoms. The highest BCUT2D eigenvalue weighted by Gasteiger charge is 2.51. The second-order valence-corrected chi connectivity index (χ2v) is 9.86. The number of nitrogens with one attached hydrogen (secondary N) is 1. The largest absolute Gasteiger partial charge is 0.337 e. The zero-order chi connectivity index (χ0) is 24.1. The van der Waals surface area contributed by atoms with Gasteiger partial charge in [-0.3, -0.25) is 19.1 Å². The number of nitrogens with zero attached hydrogens (tertiary/aromatic N) is 5. The highest BCUT2D eigenvalue weighted by atomic mass is 35.5. The molecule has 9 nitrogen and oxygen atoms in total. The van der Waals surface area contributed by atoms with Gasteiger partial charge in [-0.2, -0.15) is 5.10 Å². The van der Waals surface area contributed by atoms with Gasteiger partial charge in [0, 0.05) is 24.5 Å². The first kappa shape index (κ1) is 22.0. The molecular weight excluding hydrogens is 468 g/mol. The normalized spacial score (nSPS) is 22.9. The van der Waals surface area contributed by atoms with E-state index in [1.54, 1.807) is 32.7 Å². The summed E-state index contributed by atoms with van der Waals surface area (Å²) in [6.45, 7) is 1.43. The number of carbonyl (C=O) groups is 3. The SMILES string of the molecule is O=C(Nc1cccc(Cl)n1)[C@@H]1[C@H]2CC[C@H](C2)N1C(=O)Cn1nc(C(=O)N2CCC2)c2ccccc21. The zero-order valence-corrected chi connectivity index (χ0v) is 19.8. The maximum Gasteiger partial charge on any atom is 0.275 e. The van der Waals surface area contributed by atoms with Gasteiger partial charge in [-0.05, 0) is 49.8 Å². The Morgan fingerprint density at radius 3 is 2.66 bits per heavy atom. The van der Waals surface area contributed by atoms with Crippen LogP contribution < -0.4 is 5.32 Å². The van der Waals surface area contributed by atoms with Crippen molar-refractivity contribution in [3.8, 4) is 0 Å². The fourth-order valence-electron chi connectivity index (χ4n) is 5.65. The predicted molar refractivity (Wildman–Crippen MR) is 130 cm³/mol. The molecule has 6 rings (SSSR count). The average molecular weight is 493 g/mol. The number of anilines is 1. The number of rotatable bonds is 5. The van der Waals surface area contributed by atoms with Crippen LogP contribution in [0, 0.1) is 5.92 Å². The summed E-state index contributed by atoms with van der Waals surface area (Å²) in [7, 11) is 0. The highest BCUT2D eigenvalue weighted by Crippen LogP contribution is 2.43. The summed E-state index contributed by atoms with van der Waals surface area (Å²) < 4.78 is 1.60. The quantitative estimate of drug-likeness (QED) is 0.552. The van der Waals surface area contributed by atoms with Crippen molar-refractivity contribution in [3.05, 3.63) is 53.3 Å². The third-order valence-electron chi connectivity index (χ3n) is 7.40. The molecule has 3 aliphatic rings. The summed E-state index contributed by atoms with van der Waals surface area (Å²) in [4.78, 5) is 47.4. The van der Waals surface area contributed by atoms with Crippen LogP contribution in [0.3, 0.4) is 0 Å². The minimum Gasteiger partial charge on any atom is -0.337 e. The standard InChI is InChI=1S/C25H25ClN6O3/c26-19-7-3-8-20(27-19)28-24(34)23-15-9-10-16(13-15)32(23)21(33)14-31-18-6-2-1-5-17(18)22(29-31)25(35)30-11-4-12-30/h1-3,5-8,15-16,23H,4,9-14H2,(H,27,28,34)/t15-,16+,23-/m0/s1. The second-order valence-electron chi connectivity index (χ2n) is 9.48. The van der Waals surface area contributed by atoms with E-state index >= 15 is 0 Å². The molecule has 180 valence electrons. The van der Waals surface area contributed by atoms with E-state index in [4.69, 9.17) is 11.6 Å². The van der Waals surface area contributed by atoms with Crippen molar-refractivity contribution in [1.82, 2.24) is 24.6 Å². The molecule has 2 aliphatic heterocycles. The van der Waals surface area contributed by atoms with E-state index in [2.05, 4.69) is 15.4 Å². The van der Waals surface area contributed by atoms with Crippen molar-refractivity contribution in [2.45, 2.75) is 44.3 Å². The summed E-state index contributed by atoms with van der Waals surface area (Å²) in [6.07, 6.45) is 3.60. The first-order valence-corrected chi connectivity index (χ1v) is 12.4. The van der Waals surface area contributed by atoms with E-state index in [0.717, 1.165) is 49.7 Å². The first-order chi connectivity index (χ1) is 17.0. The monoisotopic (exact) mass is 492 g/mol. The van der Waals surface area contributed by atoms with E-state index in [-0.39, 0.29) is 41.4 Å². The molecule has 1 saturated carbocycles. The van der Waals surface area contributed by atoms with Crippen LogP contribution in [0.25, 0.3) is 10.9 Å². The molecule has 0 radical (unpaired) electrons. The van der Waals surface area contributed by atoms with Gasteiger partial charge in [-0.25, -0.2) is 4.98 Å². The minimum atomic E-state index is -0.564. The van der Waals surface area contributed by atoms with Gasteiger partial charge in [0.2, 0.25) is 11.8 Å². The van der Waals surface area contributed by atoms with E-state index in [1.165, 1.54) is 0 Å². The number of benzene rings is 1. The van der Waals surface area contributed by atoms with Gasteiger partial charge in [0.05, 0.1) is 5.52 Å². The molecular formula is C25H25ClN6O3. The molecule has 3 fully saturated rings. The molecule has 1 aromatic carbocycles. The number of para-hydroxylation sites is 1. The van der Waals surface area contributed by atoms with Crippen molar-refractivity contribution in [1.29, 1.82) is 0 Å². The molecule has 0 unspecified atom stereocenters. The first-order valence-electron chi connectivity index (χ1n) is 12.0. The molecule has 2 aromatic heterocycles. The van der Waals surface area contributed by atoms with Crippen LogP contribution in [0.1, 0.15) is 36.2 Å². The fraction of sp³-hybridized carbons (Fsp3) is 0.400. The Morgan fingerprint density at radius 2 is 1.89 bits per heavy atom. The number of halogens is 1. The molecule has 2 bridgehead atoms. The van der Waals surface area contributed by atoms with Gasteiger partial charge in [-0.15, -0.1) is 0 Å². The Kier molecular flexibility index (Phi) is 5.44. The number of fused-ring (bicyclic) bond motifs is 3. The van der Waals surface area contributed by atoms with Crippen molar-refractivity contribution in [2.75, 3.05) is 18.4 Å². The van der Waals surface area contributed by atoms with E-state index in [9.17, 15) is 14.4 Å². The van der Waals surface area contributed by atoms with E-state index in [1.807, 2.05) is 24.3 Å². The van der Waals surface area contributed by atoms with Crippen LogP contribution >= 0.6 is 11.6 Å². The molecule has 0 spiro atoms. The Balaban J connectivity index is 1.26. The van der Waals surface area contributed by atoms with Crippen LogP contribution in [0.15, 0.2) is 42.5 Å². The van der Waals surface area contributed by atoms with E-state index < -0.39 is 6.04 Å². The van der Waals surface area contributed by atoms with Crippen molar-refractivity contribution >= 4 is 46.0 Å². The van der Waals surface area contributed by atoms with Crippen molar-refractivity contribution < 1.29 is 14.4 Å². The number of likely N-dealkylation sites (tertiary alicyclic amines) is 2. The van der Waals surface area contributed by atoms with Gasteiger partial charge in [0.1, 0.15) is 23.6 Å². The van der Waals surface area contributed by atoms with Crippen LogP contribution in [0.4, 0.5) is 5.82 Å². The highest BCUT2D eigenvalue weighted by molar-refractivity contribution is 6.29. The number of amides is 3. The summed E-state index contributed by atoms with van der Waals surface area (Å²) in [5.41, 5.74) is 1.11. The summed E-state index contributed by atoms with van der Waals surface area (Å²) in [6, 6.07) is 12.0. The molecule has 1 aliphatic carbocycles. The Hall–Kier alpha value is -3.46. The molecule has 35 heavy (non-hydrogen) atoms. The number of hydrogen-bond acceptors (Lipinski definition) is 5. The lowest BCUT2D eigenvalue weighted by atomic mass is 9.97. The maximum absolute atomic E-state index is 13.6. The van der Waals surface area contributed by atoms with Crippen LogP contribution in [0.5, 0.6) is 0 Å². The lowest BCUT2D eigenvalue weighted by molar-refractivity contribution is -0.141. The van der Waals surface area contributed by atoms with Crippen molar-refractivity contribution in [2.24, 2.45) is 5.92 Å². The molecule has 3 atom stereocenters. The molecule has 4 heterocycles. The fourth-order valence-corrected chi connectivity index (χ4v) is 5.81. The van der Waals surface area contributed by atoms with Gasteiger partial charge in [-0.1, -0.05) is 35.9 Å². The van der Waals surface area contributed by atoms with Crippen LogP contribution in [-0.4, -0.2) is 67.5 Å². The molecule has 2 saturated heterocycles. The Labute approximate surface area is 207 Å². The van der Waals surface area contributed by atoms with Gasteiger partial charge < -0.3 is 15.1 Å². The Morgan fingerprint density at radius 1 is 1.06 bits per heavy atom. The number of aromatic nitrogens is 3. The zero-order valence-electron chi connectivity index (χ0n) is 19.1. The second kappa shape index (κ2) is 8.64. The predicted octanol–water partition coefficient (Wildman–Crippen LogP) is 2.95. The third-order valence-corrected chi connectivity index (χ3v) is 7.61. The van der Waals surface area contributed by atoms with Gasteiger partial charge in [0.15, 0.2) is 5.69 Å². The average Bonchev–Trinajstić information content (AvgIpc) is 3.51. The number of pyridine rings is 1. The van der Waals surface area contributed by atoms with Crippen LogP contribution in [0.2, 0.25) is 5.15 Å². The molecule has 3 aromatic rings. The van der Waals surface area contributed by atoms with Crippen molar-refractivity contribution in [3.63, 3.8) is 0 Å². The number of piperidine rings is 1. The van der Waals surface area contributed by atoms with Gasteiger partial charge in [0.25, 0.3) is 5.91 Å². The lowest BCUT2D eigenvalue weighted by Crippen LogP contribution is -2.52. The molecule has 1 N–H and O–H groups in total.